The molecule has 7 heteroatoms. The van der Waals surface area contributed by atoms with Crippen molar-refractivity contribution >= 4 is 67.1 Å². The molecular weight excluding hydrogens is 682 g/mol. The first-order valence-corrected chi connectivity index (χ1v) is 16.9. The third-order valence-corrected chi connectivity index (χ3v) is 8.95. The number of nitrogens with one attached hydrogen (secondary N) is 2. The van der Waals surface area contributed by atoms with Gasteiger partial charge in [-0.3, -0.25) is 0 Å². The number of benzene rings is 4. The van der Waals surface area contributed by atoms with Crippen molar-refractivity contribution in [3.05, 3.63) is 174 Å². The number of hydrogen-bond donors (Lipinski definition) is 2. The van der Waals surface area contributed by atoms with Gasteiger partial charge in [0.1, 0.15) is 0 Å². The fourth-order valence-corrected chi connectivity index (χ4v) is 6.54. The van der Waals surface area contributed by atoms with Crippen LogP contribution >= 0.6 is 0 Å². The number of hydrogen-bond acceptors (Lipinski definition) is 2. The van der Waals surface area contributed by atoms with Crippen LogP contribution in [0.15, 0.2) is 152 Å². The number of fused-ring (bicyclic) bond motifs is 8. The Morgan fingerprint density at radius 3 is 1.24 bits per heavy atom. The van der Waals surface area contributed by atoms with Crippen LogP contribution in [-0.4, -0.2) is 36.2 Å². The second kappa shape index (κ2) is 16.1. The summed E-state index contributed by atoms with van der Waals surface area (Å²) in [6.07, 6.45) is 8.43. The van der Waals surface area contributed by atoms with Crippen molar-refractivity contribution in [1.82, 2.24) is 19.9 Å². The zero-order valence-electron chi connectivity index (χ0n) is 27.5. The van der Waals surface area contributed by atoms with Crippen LogP contribution in [0.2, 0.25) is 0 Å². The first-order chi connectivity index (χ1) is 24.2. The average Bonchev–Trinajstić information content (AvgIpc) is 3.98. The van der Waals surface area contributed by atoms with Gasteiger partial charge in [0.15, 0.2) is 0 Å². The van der Waals surface area contributed by atoms with Gasteiger partial charge in [0.05, 0.1) is 22.8 Å². The zero-order valence-corrected chi connectivity index (χ0v) is 30.1. The molecule has 0 fully saturated rings. The van der Waals surface area contributed by atoms with Gasteiger partial charge in [0, 0.05) is 38.8 Å². The van der Waals surface area contributed by atoms with E-state index in [0.29, 0.717) is 0 Å². The molecule has 0 atom stereocenters. The Hall–Kier alpha value is -5.41. The average molecular weight is 714 g/mol. The first kappa shape index (κ1) is 35.4. The Morgan fingerprint density at radius 2 is 0.784 bits per heavy atom. The van der Waals surface area contributed by atoms with Gasteiger partial charge in [-0.05, 0) is 71.3 Å². The minimum absolute atomic E-state index is 0. The van der Waals surface area contributed by atoms with Crippen molar-refractivity contribution < 1.29 is 24.8 Å². The summed E-state index contributed by atoms with van der Waals surface area (Å²) in [6, 6.07) is 52.2. The van der Waals surface area contributed by atoms with E-state index < -0.39 is 0 Å². The topological polar surface area (TPSA) is 57.4 Å². The van der Waals surface area contributed by atoms with Crippen LogP contribution < -0.4 is 29.2 Å². The molecule has 9 rings (SSSR count). The van der Waals surface area contributed by atoms with E-state index >= 15 is 0 Å². The molecule has 2 N–H and O–H groups in total. The van der Waals surface area contributed by atoms with Crippen LogP contribution in [-0.2, 0) is 0 Å². The van der Waals surface area contributed by atoms with Crippen LogP contribution in [0.25, 0.3) is 79.8 Å². The summed E-state index contributed by atoms with van der Waals surface area (Å²) in [6.45, 7) is 0. The van der Waals surface area contributed by atoms with Crippen LogP contribution in [0.1, 0.15) is 22.8 Å². The summed E-state index contributed by atoms with van der Waals surface area (Å²) in [5, 5.41) is 0. The fourth-order valence-electron chi connectivity index (χ4n) is 6.32. The Morgan fingerprint density at radius 1 is 0.392 bits per heavy atom. The van der Waals surface area contributed by atoms with Crippen molar-refractivity contribution in [3.8, 4) is 33.4 Å². The van der Waals surface area contributed by atoms with E-state index in [9.17, 15) is 0 Å². The molecule has 8 bridgehead atoms. The van der Waals surface area contributed by atoms with Gasteiger partial charge in [-0.25, -0.2) is 9.97 Å². The maximum atomic E-state index is 5.27. The Balaban J connectivity index is 0.000000448. The summed E-state index contributed by atoms with van der Waals surface area (Å²) in [7, 11) is 0. The molecule has 0 saturated heterocycles. The molecule has 244 valence electrons. The minimum atomic E-state index is 0. The molecule has 2 aliphatic rings. The van der Waals surface area contributed by atoms with E-state index in [1.807, 2.05) is 48.5 Å². The number of aromatic nitrogens is 4. The number of halogens is 2. The van der Waals surface area contributed by atoms with Crippen molar-refractivity contribution in [2.75, 3.05) is 0 Å². The number of nitrogens with zero attached hydrogens (tertiary/aromatic N) is 2. The monoisotopic (exact) mass is 712 g/mol. The molecule has 0 unspecified atom stereocenters. The summed E-state index contributed by atoms with van der Waals surface area (Å²) in [5.41, 5.74) is 14.2. The molecule has 7 aromatic rings. The molecule has 4 aromatic carbocycles. The van der Waals surface area contributed by atoms with Gasteiger partial charge in [-0.2, -0.15) is 0 Å². The van der Waals surface area contributed by atoms with Crippen molar-refractivity contribution in [1.29, 1.82) is 0 Å². The van der Waals surface area contributed by atoms with Gasteiger partial charge in [0.2, 0.25) is 0 Å². The largest absolute Gasteiger partial charge is 1.00 e. The van der Waals surface area contributed by atoms with E-state index in [1.54, 1.807) is 0 Å². The fraction of sp³-hybridized carbons (Fsp3) is 0. The summed E-state index contributed by atoms with van der Waals surface area (Å²) >= 11 is 2.63. The van der Waals surface area contributed by atoms with E-state index in [4.69, 9.17) is 9.97 Å². The Labute approximate surface area is 318 Å². The first-order valence-electron chi connectivity index (χ1n) is 16.3. The molecule has 5 heterocycles. The van der Waals surface area contributed by atoms with E-state index in [2.05, 4.69) is 154 Å². The quantitative estimate of drug-likeness (QED) is 0.271. The molecule has 0 amide bonds. The van der Waals surface area contributed by atoms with Crippen LogP contribution in [0.4, 0.5) is 0 Å². The van der Waals surface area contributed by atoms with E-state index in [0.717, 1.165) is 78.2 Å². The third-order valence-electron chi connectivity index (χ3n) is 8.56. The Bertz CT molecular complexity index is 2450. The summed E-state index contributed by atoms with van der Waals surface area (Å²) < 4.78 is 1.24. The molecule has 0 radical (unpaired) electrons. The van der Waals surface area contributed by atoms with Gasteiger partial charge in [-0.15, -0.1) is 0 Å². The zero-order chi connectivity index (χ0) is 33.0. The van der Waals surface area contributed by atoms with E-state index in [-0.39, 0.29) is 24.8 Å². The van der Waals surface area contributed by atoms with Crippen molar-refractivity contribution in [2.45, 2.75) is 0 Å². The van der Waals surface area contributed by atoms with Crippen LogP contribution in [0, 0.1) is 0 Å². The number of rotatable bonds is 3. The molecular formula is C44H31AlCl2N4. The number of aromatic amines is 2. The molecule has 2 aliphatic heterocycles. The molecule has 0 aliphatic carbocycles. The van der Waals surface area contributed by atoms with Gasteiger partial charge in [0.25, 0.3) is 0 Å². The maximum Gasteiger partial charge on any atom is -1.00 e. The SMILES string of the molecule is C1=Cc2nc1cc1ccc([nH]1)c(-c1ccccc1)c1nc(c(-c3ccccc3)c3ccc([nH]3)c2-c2ccccc2)C=C1.[Al+2][c]1ccccc1.[Cl-].[Cl-]. The molecule has 4 nitrogen and oxygen atoms in total. The molecule has 0 saturated carbocycles. The minimum Gasteiger partial charge on any atom is -1.00 e. The second-order valence-corrected chi connectivity index (χ2v) is 12.5. The van der Waals surface area contributed by atoms with Crippen molar-refractivity contribution in [3.63, 3.8) is 0 Å². The predicted molar refractivity (Wildman–Crippen MR) is 207 cm³/mol. The van der Waals surface area contributed by atoms with Crippen LogP contribution in [0.3, 0.4) is 0 Å². The normalized spacial score (nSPS) is 11.2. The standard InChI is InChI=1S/C38H26N4.C6H5.Al.2ClH/c1-4-10-25(11-5-1)36-30-18-16-28(39-30)24-29-17-19-31(40-29)37(26-12-6-2-7-13-26)33-21-23-35(42-33)38(27-14-8-3-9-15-27)34-22-20-32(36)41-34;1-2-4-6-5-3-1;;;/h1-24,39,42H;1-5H;;2*1H/q;;+2;;/p-2. The molecule has 3 aromatic heterocycles. The summed E-state index contributed by atoms with van der Waals surface area (Å²) in [4.78, 5) is 17.7. The maximum absolute atomic E-state index is 5.27. The second-order valence-electron chi connectivity index (χ2n) is 11.9. The van der Waals surface area contributed by atoms with E-state index in [1.165, 1.54) is 4.43 Å². The van der Waals surface area contributed by atoms with Crippen molar-refractivity contribution in [2.24, 2.45) is 0 Å². The molecule has 0 spiro atoms. The number of H-pyrrole nitrogens is 2. The Kier molecular flexibility index (Phi) is 11.2. The van der Waals surface area contributed by atoms with Crippen LogP contribution in [0.5, 0.6) is 0 Å². The van der Waals surface area contributed by atoms with Gasteiger partial charge >= 0.3 is 51.0 Å². The summed E-state index contributed by atoms with van der Waals surface area (Å²) in [5.74, 6) is 0. The van der Waals surface area contributed by atoms with Gasteiger partial charge < -0.3 is 34.8 Å². The van der Waals surface area contributed by atoms with Gasteiger partial charge in [-0.1, -0.05) is 91.0 Å². The predicted octanol–water partition coefficient (Wildman–Crippen LogP) is 4.15. The molecule has 51 heavy (non-hydrogen) atoms. The smallest absolute Gasteiger partial charge is 1.00 e. The third kappa shape index (κ3) is 7.69.